The highest BCUT2D eigenvalue weighted by Gasteiger charge is 2.19. The molecule has 5 nitrogen and oxygen atoms in total. The normalized spacial score (nSPS) is 15.8. The van der Waals surface area contributed by atoms with Crippen molar-refractivity contribution < 1.29 is 0 Å². The summed E-state index contributed by atoms with van der Waals surface area (Å²) in [5, 5.41) is 4.41. The number of hydrogen-bond donors (Lipinski definition) is 0. The summed E-state index contributed by atoms with van der Waals surface area (Å²) in [6.07, 6.45) is 2.79. The maximum Gasteiger partial charge on any atom is 0.185 e. The Balaban J connectivity index is 1.60. The second-order valence-electron chi connectivity index (χ2n) is 6.32. The van der Waals surface area contributed by atoms with Gasteiger partial charge in [0.2, 0.25) is 0 Å². The molecule has 1 aliphatic rings. The zero-order valence-electron chi connectivity index (χ0n) is 14.1. The third-order valence-electron chi connectivity index (χ3n) is 4.44. The van der Waals surface area contributed by atoms with Crippen molar-refractivity contribution in [1.29, 1.82) is 0 Å². The Labute approximate surface area is 146 Å². The summed E-state index contributed by atoms with van der Waals surface area (Å²) in [4.78, 5) is 18.4. The minimum Gasteiger partial charge on any atom is -0.354 e. The fraction of sp³-hybridized carbons (Fsp3) is 0.389. The smallest absolute Gasteiger partial charge is 0.185 e. The Morgan fingerprint density at radius 1 is 1.00 bits per heavy atom. The second kappa shape index (κ2) is 6.36. The van der Waals surface area contributed by atoms with Gasteiger partial charge in [0.05, 0.1) is 11.2 Å². The molecular weight excluding hydrogens is 318 g/mol. The fourth-order valence-electron chi connectivity index (χ4n) is 3.22. The lowest BCUT2D eigenvalue weighted by atomic mass is 10.1. The van der Waals surface area contributed by atoms with Crippen LogP contribution in [0, 0.1) is 13.8 Å². The van der Waals surface area contributed by atoms with Gasteiger partial charge in [0.1, 0.15) is 12.1 Å². The largest absolute Gasteiger partial charge is 0.354 e. The highest BCUT2D eigenvalue weighted by Crippen LogP contribution is 2.26. The summed E-state index contributed by atoms with van der Waals surface area (Å²) in [5.74, 6) is 1.06. The average molecular weight is 339 g/mol. The van der Waals surface area contributed by atoms with Crippen LogP contribution in [0.2, 0.25) is 0 Å². The van der Waals surface area contributed by atoms with E-state index in [-0.39, 0.29) is 0 Å². The van der Waals surface area contributed by atoms with Gasteiger partial charge in [-0.15, -0.1) is 11.3 Å². The van der Waals surface area contributed by atoms with Gasteiger partial charge in [-0.25, -0.2) is 15.0 Å². The number of fused-ring (bicyclic) bond motifs is 1. The first-order valence-corrected chi connectivity index (χ1v) is 9.22. The summed E-state index contributed by atoms with van der Waals surface area (Å²) in [6.45, 7) is 8.17. The molecule has 3 heterocycles. The molecule has 1 aliphatic heterocycles. The number of anilines is 2. The molecule has 0 spiro atoms. The van der Waals surface area contributed by atoms with E-state index >= 15 is 0 Å². The molecule has 0 amide bonds. The van der Waals surface area contributed by atoms with Gasteiger partial charge >= 0.3 is 0 Å². The van der Waals surface area contributed by atoms with Crippen LogP contribution >= 0.6 is 11.3 Å². The highest BCUT2D eigenvalue weighted by molar-refractivity contribution is 7.13. The van der Waals surface area contributed by atoms with E-state index in [4.69, 9.17) is 0 Å². The van der Waals surface area contributed by atoms with Gasteiger partial charge in [0.25, 0.3) is 0 Å². The predicted molar refractivity (Wildman–Crippen MR) is 100 cm³/mol. The number of aryl methyl sites for hydroxylation is 2. The lowest BCUT2D eigenvalue weighted by Crippen LogP contribution is -2.31. The Morgan fingerprint density at radius 2 is 1.83 bits per heavy atom. The molecule has 0 saturated carbocycles. The Hall–Kier alpha value is -2.21. The molecule has 0 unspecified atom stereocenters. The van der Waals surface area contributed by atoms with Crippen LogP contribution in [-0.4, -0.2) is 41.1 Å². The molecule has 1 fully saturated rings. The molecule has 1 aromatic carbocycles. The van der Waals surface area contributed by atoms with Crippen LogP contribution < -0.4 is 9.80 Å². The number of rotatable bonds is 2. The summed E-state index contributed by atoms with van der Waals surface area (Å²) in [5.41, 5.74) is 3.36. The van der Waals surface area contributed by atoms with Crippen LogP contribution in [0.25, 0.3) is 10.9 Å². The van der Waals surface area contributed by atoms with E-state index < -0.39 is 0 Å². The van der Waals surface area contributed by atoms with Crippen LogP contribution in [0.1, 0.15) is 17.7 Å². The van der Waals surface area contributed by atoms with Crippen molar-refractivity contribution in [1.82, 2.24) is 15.0 Å². The molecule has 0 atom stereocenters. The number of hydrogen-bond acceptors (Lipinski definition) is 6. The molecule has 0 N–H and O–H groups in total. The Bertz CT molecular complexity index is 859. The number of aromatic nitrogens is 3. The van der Waals surface area contributed by atoms with Crippen molar-refractivity contribution in [3.8, 4) is 0 Å². The third kappa shape index (κ3) is 2.94. The summed E-state index contributed by atoms with van der Waals surface area (Å²) in [7, 11) is 0. The van der Waals surface area contributed by atoms with E-state index in [1.54, 1.807) is 17.7 Å². The summed E-state index contributed by atoms with van der Waals surface area (Å²) in [6, 6.07) is 6.38. The van der Waals surface area contributed by atoms with Gasteiger partial charge in [-0.2, -0.15) is 0 Å². The predicted octanol–water partition coefficient (Wildman–Crippen LogP) is 3.42. The fourth-order valence-corrected chi connectivity index (χ4v) is 4.07. The summed E-state index contributed by atoms with van der Waals surface area (Å²) >= 11 is 1.74. The molecule has 24 heavy (non-hydrogen) atoms. The van der Waals surface area contributed by atoms with Crippen LogP contribution in [0.15, 0.2) is 29.9 Å². The Morgan fingerprint density at radius 3 is 2.67 bits per heavy atom. The quantitative estimate of drug-likeness (QED) is 0.716. The first kappa shape index (κ1) is 15.3. The van der Waals surface area contributed by atoms with E-state index in [0.29, 0.717) is 0 Å². The Kier molecular flexibility index (Phi) is 4.06. The standard InChI is InChI=1S/C18H21N5S/c1-13-4-5-16-15(10-13)17(20-12-19-16)22-6-3-7-23(9-8-22)18-21-14(2)11-24-18/h4-5,10-12H,3,6-9H2,1-2H3. The molecule has 4 rings (SSSR count). The lowest BCUT2D eigenvalue weighted by molar-refractivity contribution is 0.798. The lowest BCUT2D eigenvalue weighted by Gasteiger charge is -2.23. The van der Waals surface area contributed by atoms with Crippen molar-refractivity contribution in [3.63, 3.8) is 0 Å². The van der Waals surface area contributed by atoms with E-state index in [1.165, 1.54) is 5.56 Å². The monoisotopic (exact) mass is 339 g/mol. The molecule has 3 aromatic rings. The third-order valence-corrected chi connectivity index (χ3v) is 5.46. The summed E-state index contributed by atoms with van der Waals surface area (Å²) < 4.78 is 0. The van der Waals surface area contributed by atoms with Gasteiger partial charge in [0, 0.05) is 36.9 Å². The van der Waals surface area contributed by atoms with Crippen molar-refractivity contribution >= 4 is 33.2 Å². The van der Waals surface area contributed by atoms with Crippen molar-refractivity contribution in [2.45, 2.75) is 20.3 Å². The molecule has 6 heteroatoms. The van der Waals surface area contributed by atoms with Gasteiger partial charge in [-0.05, 0) is 32.4 Å². The molecule has 0 bridgehead atoms. The SMILES string of the molecule is Cc1ccc2ncnc(N3CCCN(c4nc(C)cs4)CC3)c2c1. The first-order valence-electron chi connectivity index (χ1n) is 8.34. The highest BCUT2D eigenvalue weighted by atomic mass is 32.1. The van der Waals surface area contributed by atoms with Crippen molar-refractivity contribution in [2.24, 2.45) is 0 Å². The van der Waals surface area contributed by atoms with Gasteiger partial charge in [-0.3, -0.25) is 0 Å². The molecule has 124 valence electrons. The van der Waals surface area contributed by atoms with Crippen LogP contribution in [-0.2, 0) is 0 Å². The van der Waals surface area contributed by atoms with E-state index in [9.17, 15) is 0 Å². The van der Waals surface area contributed by atoms with Gasteiger partial charge in [0.15, 0.2) is 5.13 Å². The van der Waals surface area contributed by atoms with Crippen LogP contribution in [0.4, 0.5) is 10.9 Å². The molecular formula is C18H21N5S. The maximum absolute atomic E-state index is 4.64. The van der Waals surface area contributed by atoms with Crippen molar-refractivity contribution in [3.05, 3.63) is 41.2 Å². The van der Waals surface area contributed by atoms with Crippen LogP contribution in [0.5, 0.6) is 0 Å². The number of nitrogens with zero attached hydrogens (tertiary/aromatic N) is 5. The molecule has 2 aromatic heterocycles. The zero-order chi connectivity index (χ0) is 16.5. The second-order valence-corrected chi connectivity index (χ2v) is 7.15. The van der Waals surface area contributed by atoms with E-state index in [1.807, 2.05) is 0 Å². The topological polar surface area (TPSA) is 45.2 Å². The molecule has 0 aliphatic carbocycles. The maximum atomic E-state index is 4.64. The van der Waals surface area contributed by atoms with Gasteiger partial charge in [-0.1, -0.05) is 11.6 Å². The minimum atomic E-state index is 0.957. The minimum absolute atomic E-state index is 0.957. The van der Waals surface area contributed by atoms with Gasteiger partial charge < -0.3 is 9.80 Å². The molecule has 1 saturated heterocycles. The van der Waals surface area contributed by atoms with E-state index in [0.717, 1.165) is 60.1 Å². The number of benzene rings is 1. The van der Waals surface area contributed by atoms with Crippen LogP contribution in [0.3, 0.4) is 0 Å². The first-order chi connectivity index (χ1) is 11.7. The number of thiazole rings is 1. The zero-order valence-corrected chi connectivity index (χ0v) is 14.9. The molecule has 0 radical (unpaired) electrons. The van der Waals surface area contributed by atoms with Crippen molar-refractivity contribution in [2.75, 3.05) is 36.0 Å². The van der Waals surface area contributed by atoms with E-state index in [2.05, 4.69) is 62.2 Å². The average Bonchev–Trinajstić information content (AvgIpc) is 2.87.